The maximum Gasteiger partial charge on any atom is 0.262 e. The summed E-state index contributed by atoms with van der Waals surface area (Å²) in [5, 5.41) is 6.35. The molecule has 0 N–H and O–H groups in total. The van der Waals surface area contributed by atoms with Crippen LogP contribution in [0.1, 0.15) is 37.4 Å². The third kappa shape index (κ3) is 6.30. The maximum atomic E-state index is 13.7. The summed E-state index contributed by atoms with van der Waals surface area (Å²) < 4.78 is 10.8. The quantitative estimate of drug-likeness (QED) is 0.538. The Kier molecular flexibility index (Phi) is 8.72. The van der Waals surface area contributed by atoms with Crippen molar-refractivity contribution in [1.29, 1.82) is 0 Å². The molecular formula is C28H36N4O4. The minimum Gasteiger partial charge on any atom is -0.497 e. The minimum atomic E-state index is -0.227. The first-order valence-electron chi connectivity index (χ1n) is 12.6. The number of nitrogens with zero attached hydrogens (tertiary/aromatic N) is 4. The fourth-order valence-electron chi connectivity index (χ4n) is 4.61. The highest BCUT2D eigenvalue weighted by Crippen LogP contribution is 2.33. The summed E-state index contributed by atoms with van der Waals surface area (Å²) in [5.41, 5.74) is 2.77. The maximum absolute atomic E-state index is 13.7. The lowest BCUT2D eigenvalue weighted by atomic mass is 9.98. The molecule has 8 nitrogen and oxygen atoms in total. The van der Waals surface area contributed by atoms with Gasteiger partial charge < -0.3 is 14.4 Å². The standard InChI is InChI=1S/C28H36N4O4/c1-21(2)28(34)31(13-12-30-14-16-36-17-15-30)20-27(33)32-26(22-8-5-4-6-9-22)19-25(29-32)23-10-7-11-24(18-23)35-3/h4-11,18,21,26H,12-17,19-20H2,1-3H3/t26-/m0/s1. The summed E-state index contributed by atoms with van der Waals surface area (Å²) in [6, 6.07) is 17.4. The van der Waals surface area contributed by atoms with E-state index in [2.05, 4.69) is 4.90 Å². The fourth-order valence-corrected chi connectivity index (χ4v) is 4.61. The van der Waals surface area contributed by atoms with Crippen LogP contribution in [0.2, 0.25) is 0 Å². The normalized spacial score (nSPS) is 18.3. The van der Waals surface area contributed by atoms with Gasteiger partial charge in [0.2, 0.25) is 5.91 Å². The summed E-state index contributed by atoms with van der Waals surface area (Å²) >= 11 is 0. The van der Waals surface area contributed by atoms with Crippen molar-refractivity contribution in [2.45, 2.75) is 26.3 Å². The lowest BCUT2D eigenvalue weighted by Gasteiger charge is -2.31. The van der Waals surface area contributed by atoms with Crippen LogP contribution in [0.25, 0.3) is 0 Å². The van der Waals surface area contributed by atoms with Crippen molar-refractivity contribution in [3.05, 3.63) is 65.7 Å². The molecule has 2 aromatic carbocycles. The molecule has 2 aliphatic heterocycles. The Morgan fingerprint density at radius 3 is 2.56 bits per heavy atom. The second-order valence-electron chi connectivity index (χ2n) is 9.52. The summed E-state index contributed by atoms with van der Waals surface area (Å²) in [5.74, 6) is 0.344. The Bertz CT molecular complexity index is 1070. The van der Waals surface area contributed by atoms with Gasteiger partial charge in [-0.1, -0.05) is 56.3 Å². The second kappa shape index (κ2) is 12.1. The summed E-state index contributed by atoms with van der Waals surface area (Å²) in [6.45, 7) is 8.04. The Labute approximate surface area is 213 Å². The third-order valence-electron chi connectivity index (χ3n) is 6.67. The first kappa shape index (κ1) is 25.9. The number of methoxy groups -OCH3 is 1. The molecule has 192 valence electrons. The zero-order valence-corrected chi connectivity index (χ0v) is 21.4. The largest absolute Gasteiger partial charge is 0.497 e. The highest BCUT2D eigenvalue weighted by atomic mass is 16.5. The SMILES string of the molecule is COc1cccc(C2=NN(C(=O)CN(CCN3CCOCC3)C(=O)C(C)C)[C@H](c3ccccc3)C2)c1. The van der Waals surface area contributed by atoms with E-state index in [0.717, 1.165) is 42.2 Å². The number of carbonyl (C=O) groups is 2. The van der Waals surface area contributed by atoms with Crippen molar-refractivity contribution in [1.82, 2.24) is 14.8 Å². The molecule has 1 atom stereocenters. The van der Waals surface area contributed by atoms with E-state index in [1.165, 1.54) is 0 Å². The molecule has 2 amide bonds. The molecule has 2 aliphatic rings. The highest BCUT2D eigenvalue weighted by molar-refractivity contribution is 6.03. The summed E-state index contributed by atoms with van der Waals surface area (Å²) in [7, 11) is 1.63. The Balaban J connectivity index is 1.55. The molecule has 2 heterocycles. The Morgan fingerprint density at radius 1 is 1.11 bits per heavy atom. The molecule has 0 spiro atoms. The molecule has 0 saturated carbocycles. The van der Waals surface area contributed by atoms with Crippen LogP contribution in [0.5, 0.6) is 5.75 Å². The first-order valence-corrected chi connectivity index (χ1v) is 12.6. The number of amides is 2. The molecule has 0 bridgehead atoms. The molecule has 1 fully saturated rings. The average molecular weight is 493 g/mol. The van der Waals surface area contributed by atoms with Crippen LogP contribution in [0.3, 0.4) is 0 Å². The van der Waals surface area contributed by atoms with Gasteiger partial charge in [-0.25, -0.2) is 5.01 Å². The van der Waals surface area contributed by atoms with E-state index in [1.54, 1.807) is 17.0 Å². The van der Waals surface area contributed by atoms with E-state index in [-0.39, 0.29) is 30.3 Å². The molecule has 1 saturated heterocycles. The van der Waals surface area contributed by atoms with Gasteiger partial charge in [0.1, 0.15) is 12.3 Å². The zero-order valence-electron chi connectivity index (χ0n) is 21.4. The van der Waals surface area contributed by atoms with Gasteiger partial charge in [0.25, 0.3) is 5.91 Å². The second-order valence-corrected chi connectivity index (χ2v) is 9.52. The van der Waals surface area contributed by atoms with Crippen LogP contribution in [0, 0.1) is 5.92 Å². The number of carbonyl (C=O) groups excluding carboxylic acids is 2. The molecule has 2 aromatic rings. The molecule has 4 rings (SSSR count). The number of ether oxygens (including phenoxy) is 2. The number of hydrogen-bond acceptors (Lipinski definition) is 6. The highest BCUT2D eigenvalue weighted by Gasteiger charge is 2.34. The van der Waals surface area contributed by atoms with Gasteiger partial charge in [0, 0.05) is 44.1 Å². The van der Waals surface area contributed by atoms with Crippen molar-refractivity contribution in [2.75, 3.05) is 53.0 Å². The topological polar surface area (TPSA) is 74.7 Å². The lowest BCUT2D eigenvalue weighted by Crippen LogP contribution is -2.47. The van der Waals surface area contributed by atoms with Crippen molar-refractivity contribution >= 4 is 17.5 Å². The predicted octanol–water partition coefficient (Wildman–Crippen LogP) is 3.19. The first-order chi connectivity index (χ1) is 17.5. The molecule has 0 radical (unpaired) electrons. The average Bonchev–Trinajstić information content (AvgIpc) is 3.37. The minimum absolute atomic E-state index is 0.000419. The van der Waals surface area contributed by atoms with Gasteiger partial charge in [0.15, 0.2) is 0 Å². The predicted molar refractivity (Wildman–Crippen MR) is 139 cm³/mol. The summed E-state index contributed by atoms with van der Waals surface area (Å²) in [6.07, 6.45) is 0.592. The Morgan fingerprint density at radius 2 is 1.86 bits per heavy atom. The zero-order chi connectivity index (χ0) is 25.5. The van der Waals surface area contributed by atoms with E-state index >= 15 is 0 Å². The number of hydrogen-bond donors (Lipinski definition) is 0. The van der Waals surface area contributed by atoms with E-state index in [0.29, 0.717) is 26.2 Å². The molecular weight excluding hydrogens is 456 g/mol. The van der Waals surface area contributed by atoms with E-state index in [4.69, 9.17) is 14.6 Å². The third-order valence-corrected chi connectivity index (χ3v) is 6.67. The molecule has 8 heteroatoms. The van der Waals surface area contributed by atoms with E-state index in [9.17, 15) is 9.59 Å². The van der Waals surface area contributed by atoms with Gasteiger partial charge in [-0.3, -0.25) is 14.5 Å². The van der Waals surface area contributed by atoms with Crippen LogP contribution in [0.4, 0.5) is 0 Å². The monoisotopic (exact) mass is 492 g/mol. The van der Waals surface area contributed by atoms with Crippen molar-refractivity contribution < 1.29 is 19.1 Å². The van der Waals surface area contributed by atoms with Gasteiger partial charge >= 0.3 is 0 Å². The van der Waals surface area contributed by atoms with Gasteiger partial charge in [-0.15, -0.1) is 0 Å². The lowest BCUT2D eigenvalue weighted by molar-refractivity contribution is -0.143. The van der Waals surface area contributed by atoms with Crippen LogP contribution in [-0.2, 0) is 14.3 Å². The van der Waals surface area contributed by atoms with Crippen LogP contribution >= 0.6 is 0 Å². The summed E-state index contributed by atoms with van der Waals surface area (Å²) in [4.78, 5) is 30.7. The number of hydrazone groups is 1. The number of benzene rings is 2. The van der Waals surface area contributed by atoms with Gasteiger partial charge in [-0.2, -0.15) is 5.10 Å². The molecule has 0 unspecified atom stereocenters. The smallest absolute Gasteiger partial charge is 0.262 e. The van der Waals surface area contributed by atoms with Crippen LogP contribution < -0.4 is 4.74 Å². The van der Waals surface area contributed by atoms with Crippen molar-refractivity contribution in [3.8, 4) is 5.75 Å². The van der Waals surface area contributed by atoms with E-state index in [1.807, 2.05) is 68.4 Å². The molecule has 36 heavy (non-hydrogen) atoms. The van der Waals surface area contributed by atoms with Gasteiger partial charge in [0.05, 0.1) is 32.1 Å². The van der Waals surface area contributed by atoms with Gasteiger partial charge in [-0.05, 0) is 17.7 Å². The molecule has 0 aromatic heterocycles. The van der Waals surface area contributed by atoms with Crippen molar-refractivity contribution in [2.24, 2.45) is 11.0 Å². The fraction of sp³-hybridized carbons (Fsp3) is 0.464. The Hall–Kier alpha value is -3.23. The van der Waals surface area contributed by atoms with Crippen LogP contribution in [0.15, 0.2) is 59.7 Å². The number of morpholine rings is 1. The van der Waals surface area contributed by atoms with Crippen molar-refractivity contribution in [3.63, 3.8) is 0 Å². The van der Waals surface area contributed by atoms with E-state index < -0.39 is 0 Å². The van der Waals surface area contributed by atoms with Crippen LogP contribution in [-0.4, -0.2) is 85.4 Å². The molecule has 0 aliphatic carbocycles. The number of rotatable bonds is 9.